The van der Waals surface area contributed by atoms with Crippen LogP contribution in [0.3, 0.4) is 0 Å². The van der Waals surface area contributed by atoms with E-state index >= 15 is 0 Å². The number of hydrogen-bond donors (Lipinski definition) is 0. The summed E-state index contributed by atoms with van der Waals surface area (Å²) in [5.74, 6) is -0.554. The SMILES string of the molecule is O=c1ccn(-c2cccc(OC(F)F)c2)nc1-c1ccnn1-c1ccccc1F. The highest BCUT2D eigenvalue weighted by Crippen LogP contribution is 2.22. The van der Waals surface area contributed by atoms with Gasteiger partial charge in [0.2, 0.25) is 5.43 Å². The molecule has 0 fully saturated rings. The van der Waals surface area contributed by atoms with Crippen LogP contribution in [0.15, 0.2) is 77.9 Å². The molecule has 0 spiro atoms. The molecule has 6 nitrogen and oxygen atoms in total. The van der Waals surface area contributed by atoms with Gasteiger partial charge in [-0.3, -0.25) is 4.79 Å². The van der Waals surface area contributed by atoms with Crippen molar-refractivity contribution in [1.82, 2.24) is 19.6 Å². The number of benzene rings is 2. The predicted octanol–water partition coefficient (Wildman–Crippen LogP) is 3.83. The number of halogens is 3. The zero-order valence-electron chi connectivity index (χ0n) is 14.7. The first kappa shape index (κ1) is 18.5. The fourth-order valence-corrected chi connectivity index (χ4v) is 2.83. The molecule has 0 amide bonds. The third-order valence-electron chi connectivity index (χ3n) is 4.08. The number of ether oxygens (including phenoxy) is 1. The minimum absolute atomic E-state index is 0.0217. The molecule has 0 N–H and O–H groups in total. The van der Waals surface area contributed by atoms with E-state index in [1.54, 1.807) is 18.2 Å². The summed E-state index contributed by atoms with van der Waals surface area (Å²) >= 11 is 0. The lowest BCUT2D eigenvalue weighted by molar-refractivity contribution is -0.0498. The van der Waals surface area contributed by atoms with Crippen molar-refractivity contribution in [2.45, 2.75) is 6.61 Å². The van der Waals surface area contributed by atoms with Crippen molar-refractivity contribution in [2.24, 2.45) is 0 Å². The van der Waals surface area contributed by atoms with Gasteiger partial charge in [-0.25, -0.2) is 13.8 Å². The molecule has 29 heavy (non-hydrogen) atoms. The van der Waals surface area contributed by atoms with Crippen molar-refractivity contribution in [1.29, 1.82) is 0 Å². The maximum Gasteiger partial charge on any atom is 0.387 e. The Hall–Kier alpha value is -3.88. The van der Waals surface area contributed by atoms with Crippen LogP contribution in [0, 0.1) is 5.82 Å². The van der Waals surface area contributed by atoms with Crippen molar-refractivity contribution in [3.63, 3.8) is 0 Å². The van der Waals surface area contributed by atoms with E-state index < -0.39 is 17.9 Å². The second kappa shape index (κ2) is 7.63. The van der Waals surface area contributed by atoms with Crippen LogP contribution in [0.2, 0.25) is 0 Å². The van der Waals surface area contributed by atoms with Gasteiger partial charge < -0.3 is 4.74 Å². The van der Waals surface area contributed by atoms with E-state index in [2.05, 4.69) is 14.9 Å². The molecular formula is C20H13F3N4O2. The Kier molecular flexibility index (Phi) is 4.86. The summed E-state index contributed by atoms with van der Waals surface area (Å²) in [5, 5.41) is 8.40. The first-order valence-corrected chi connectivity index (χ1v) is 8.47. The Morgan fingerprint density at radius 2 is 1.83 bits per heavy atom. The summed E-state index contributed by atoms with van der Waals surface area (Å²) in [6.07, 6.45) is 2.83. The molecule has 4 rings (SSSR count). The van der Waals surface area contributed by atoms with Crippen molar-refractivity contribution >= 4 is 0 Å². The zero-order valence-corrected chi connectivity index (χ0v) is 14.7. The van der Waals surface area contributed by atoms with Gasteiger partial charge in [0, 0.05) is 18.3 Å². The number of nitrogens with zero attached hydrogens (tertiary/aromatic N) is 4. The zero-order chi connectivity index (χ0) is 20.4. The highest BCUT2D eigenvalue weighted by Gasteiger charge is 2.16. The highest BCUT2D eigenvalue weighted by atomic mass is 19.3. The van der Waals surface area contributed by atoms with Crippen LogP contribution in [0.1, 0.15) is 0 Å². The molecule has 0 bridgehead atoms. The molecule has 0 saturated heterocycles. The quantitative estimate of drug-likeness (QED) is 0.513. The van der Waals surface area contributed by atoms with Crippen LogP contribution >= 0.6 is 0 Å². The van der Waals surface area contributed by atoms with E-state index in [0.29, 0.717) is 5.69 Å². The maximum absolute atomic E-state index is 14.2. The molecule has 0 unspecified atom stereocenters. The van der Waals surface area contributed by atoms with Crippen LogP contribution in [0.5, 0.6) is 5.75 Å². The molecule has 0 radical (unpaired) electrons. The Balaban J connectivity index is 1.80. The molecule has 2 heterocycles. The fraction of sp³-hybridized carbons (Fsp3) is 0.0500. The molecule has 9 heteroatoms. The second-order valence-electron chi connectivity index (χ2n) is 5.93. The Bertz CT molecular complexity index is 1220. The van der Waals surface area contributed by atoms with E-state index in [9.17, 15) is 18.0 Å². The second-order valence-corrected chi connectivity index (χ2v) is 5.93. The maximum atomic E-state index is 14.2. The number of para-hydroxylation sites is 1. The summed E-state index contributed by atoms with van der Waals surface area (Å²) in [4.78, 5) is 12.4. The number of alkyl halides is 2. The number of rotatable bonds is 5. The standard InChI is InChI=1S/C20H13F3N4O2/c21-15-6-1-2-7-16(15)27-17(8-10-24-27)19-18(28)9-11-26(25-19)13-4-3-5-14(12-13)29-20(22)23/h1-12,20H. The molecular weight excluding hydrogens is 385 g/mol. The van der Waals surface area contributed by atoms with Gasteiger partial charge in [0.05, 0.1) is 17.6 Å². The van der Waals surface area contributed by atoms with Crippen LogP contribution in [0.25, 0.3) is 22.8 Å². The third kappa shape index (κ3) is 3.75. The van der Waals surface area contributed by atoms with Crippen molar-refractivity contribution < 1.29 is 17.9 Å². The highest BCUT2D eigenvalue weighted by molar-refractivity contribution is 5.57. The van der Waals surface area contributed by atoms with Crippen LogP contribution in [0.4, 0.5) is 13.2 Å². The van der Waals surface area contributed by atoms with Gasteiger partial charge in [-0.1, -0.05) is 18.2 Å². The minimum atomic E-state index is -2.96. The third-order valence-corrected chi connectivity index (χ3v) is 4.08. The van der Waals surface area contributed by atoms with Crippen molar-refractivity contribution in [3.05, 3.63) is 89.1 Å². The molecule has 0 saturated carbocycles. The Morgan fingerprint density at radius 1 is 1.00 bits per heavy atom. The summed E-state index contributed by atoms with van der Waals surface area (Å²) in [6.45, 7) is -2.96. The first-order valence-electron chi connectivity index (χ1n) is 8.47. The van der Waals surface area contributed by atoms with E-state index in [1.165, 1.54) is 64.2 Å². The topological polar surface area (TPSA) is 61.9 Å². The number of hydrogen-bond acceptors (Lipinski definition) is 4. The average Bonchev–Trinajstić information content (AvgIpc) is 3.18. The Morgan fingerprint density at radius 3 is 2.62 bits per heavy atom. The molecule has 2 aromatic carbocycles. The van der Waals surface area contributed by atoms with E-state index in [-0.39, 0.29) is 22.8 Å². The van der Waals surface area contributed by atoms with Gasteiger partial charge in [-0.15, -0.1) is 0 Å². The number of aromatic nitrogens is 4. The van der Waals surface area contributed by atoms with Gasteiger partial charge in [-0.05, 0) is 30.3 Å². The molecule has 0 aliphatic heterocycles. The molecule has 2 aromatic heterocycles. The average molecular weight is 398 g/mol. The lowest BCUT2D eigenvalue weighted by Gasteiger charge is -2.11. The molecule has 0 aliphatic carbocycles. The molecule has 0 aliphatic rings. The van der Waals surface area contributed by atoms with Crippen LogP contribution < -0.4 is 10.2 Å². The monoisotopic (exact) mass is 398 g/mol. The summed E-state index contributed by atoms with van der Waals surface area (Å²) in [5.41, 5.74) is 0.472. The normalized spacial score (nSPS) is 11.0. The lowest BCUT2D eigenvalue weighted by atomic mass is 10.2. The summed E-state index contributed by atoms with van der Waals surface area (Å²) in [7, 11) is 0. The van der Waals surface area contributed by atoms with Gasteiger partial charge in [0.1, 0.15) is 17.3 Å². The van der Waals surface area contributed by atoms with Gasteiger partial charge >= 0.3 is 6.61 Å². The van der Waals surface area contributed by atoms with Gasteiger partial charge in [0.15, 0.2) is 5.69 Å². The first-order chi connectivity index (χ1) is 14.0. The van der Waals surface area contributed by atoms with E-state index in [0.717, 1.165) is 0 Å². The van der Waals surface area contributed by atoms with Crippen molar-refractivity contribution in [2.75, 3.05) is 0 Å². The molecule has 4 aromatic rings. The van der Waals surface area contributed by atoms with Crippen LogP contribution in [-0.4, -0.2) is 26.2 Å². The van der Waals surface area contributed by atoms with Gasteiger partial charge in [-0.2, -0.15) is 19.0 Å². The van der Waals surface area contributed by atoms with Crippen LogP contribution in [-0.2, 0) is 0 Å². The summed E-state index contributed by atoms with van der Waals surface area (Å²) < 4.78 is 46.2. The van der Waals surface area contributed by atoms with E-state index in [1.807, 2.05) is 0 Å². The van der Waals surface area contributed by atoms with E-state index in [4.69, 9.17) is 0 Å². The Labute approximate surface area is 162 Å². The van der Waals surface area contributed by atoms with Gasteiger partial charge in [0.25, 0.3) is 0 Å². The summed E-state index contributed by atoms with van der Waals surface area (Å²) in [6, 6.07) is 14.7. The van der Waals surface area contributed by atoms with Crippen molar-refractivity contribution in [3.8, 4) is 28.5 Å². The lowest BCUT2D eigenvalue weighted by Crippen LogP contribution is -2.15. The minimum Gasteiger partial charge on any atom is -0.435 e. The fourth-order valence-electron chi connectivity index (χ4n) is 2.83. The largest absolute Gasteiger partial charge is 0.435 e. The molecule has 0 atom stereocenters. The smallest absolute Gasteiger partial charge is 0.387 e. The molecule has 146 valence electrons. The predicted molar refractivity (Wildman–Crippen MR) is 99.0 cm³/mol.